The summed E-state index contributed by atoms with van der Waals surface area (Å²) in [7, 11) is 0. The summed E-state index contributed by atoms with van der Waals surface area (Å²) in [5.74, 6) is -2.36. The molecule has 27 heavy (non-hydrogen) atoms. The van der Waals surface area contributed by atoms with Gasteiger partial charge in [0.1, 0.15) is 18.2 Å². The lowest BCUT2D eigenvalue weighted by Gasteiger charge is -2.12. The number of ether oxygens (including phenoxy) is 1. The molecule has 0 heterocycles. The third kappa shape index (κ3) is 3.75. The van der Waals surface area contributed by atoms with E-state index in [0.29, 0.717) is 41.7 Å². The summed E-state index contributed by atoms with van der Waals surface area (Å²) in [5, 5.41) is -0.000476. The molecule has 0 N–H and O–H groups in total. The fourth-order valence-corrected chi connectivity index (χ4v) is 2.97. The Hall–Kier alpha value is -3.01. The van der Waals surface area contributed by atoms with Crippen LogP contribution in [0.15, 0.2) is 67.8 Å². The highest BCUT2D eigenvalue weighted by Gasteiger charge is 2.19. The van der Waals surface area contributed by atoms with Crippen molar-refractivity contribution >= 4 is 10.8 Å². The van der Waals surface area contributed by atoms with E-state index in [9.17, 15) is 13.2 Å². The predicted octanol–water partition coefficient (Wildman–Crippen LogP) is 6.61. The van der Waals surface area contributed by atoms with Gasteiger partial charge < -0.3 is 4.74 Å². The van der Waals surface area contributed by atoms with Gasteiger partial charge in [0.25, 0.3) is 0 Å². The highest BCUT2D eigenvalue weighted by Crippen LogP contribution is 2.34. The number of hydrogen-bond donors (Lipinski definition) is 0. The van der Waals surface area contributed by atoms with Gasteiger partial charge >= 0.3 is 0 Å². The van der Waals surface area contributed by atoms with Gasteiger partial charge in [-0.25, -0.2) is 13.2 Å². The Bertz CT molecular complexity index is 991. The molecule has 0 aliphatic rings. The Kier molecular flexibility index (Phi) is 5.65. The molecule has 0 radical (unpaired) electrons. The maximum absolute atomic E-state index is 14.7. The number of halogens is 3. The van der Waals surface area contributed by atoms with E-state index in [0.717, 1.165) is 0 Å². The van der Waals surface area contributed by atoms with Gasteiger partial charge in [0.05, 0.1) is 5.39 Å². The van der Waals surface area contributed by atoms with Gasteiger partial charge in [-0.1, -0.05) is 43.0 Å². The van der Waals surface area contributed by atoms with Gasteiger partial charge in [0.15, 0.2) is 11.6 Å². The first-order valence-corrected chi connectivity index (χ1v) is 8.61. The molecule has 0 fully saturated rings. The number of aryl methyl sites for hydroxylation is 1. The van der Waals surface area contributed by atoms with Crippen molar-refractivity contribution in [2.75, 3.05) is 6.61 Å². The summed E-state index contributed by atoms with van der Waals surface area (Å²) in [4.78, 5) is 0. The Balaban J connectivity index is 2.06. The summed E-state index contributed by atoms with van der Waals surface area (Å²) >= 11 is 0. The van der Waals surface area contributed by atoms with Crippen molar-refractivity contribution in [2.45, 2.75) is 12.8 Å². The van der Waals surface area contributed by atoms with E-state index in [1.807, 2.05) is 0 Å². The van der Waals surface area contributed by atoms with E-state index in [1.54, 1.807) is 48.6 Å². The molecule has 0 aliphatic carbocycles. The minimum absolute atomic E-state index is 0.0773. The molecule has 0 spiro atoms. The van der Waals surface area contributed by atoms with E-state index >= 15 is 0 Å². The lowest BCUT2D eigenvalue weighted by molar-refractivity contribution is 0.363. The third-order valence-corrected chi connectivity index (χ3v) is 4.35. The van der Waals surface area contributed by atoms with Gasteiger partial charge in [-0.3, -0.25) is 0 Å². The van der Waals surface area contributed by atoms with Crippen molar-refractivity contribution in [1.29, 1.82) is 0 Å². The molecule has 0 amide bonds. The van der Waals surface area contributed by atoms with Gasteiger partial charge in [0.2, 0.25) is 0 Å². The van der Waals surface area contributed by atoms with Crippen LogP contribution in [0.4, 0.5) is 13.2 Å². The van der Waals surface area contributed by atoms with Crippen molar-refractivity contribution in [3.05, 3.63) is 90.8 Å². The quantitative estimate of drug-likeness (QED) is 0.427. The van der Waals surface area contributed by atoms with Crippen LogP contribution in [0.25, 0.3) is 21.9 Å². The molecule has 0 unspecified atom stereocenters. The largest absolute Gasteiger partial charge is 0.490 e. The molecule has 3 aromatic rings. The van der Waals surface area contributed by atoms with E-state index in [4.69, 9.17) is 4.74 Å². The van der Waals surface area contributed by atoms with Crippen LogP contribution in [0.1, 0.15) is 12.0 Å². The number of allylic oxidation sites excluding steroid dienone is 1. The monoisotopic (exact) mass is 368 g/mol. The summed E-state index contributed by atoms with van der Waals surface area (Å²) in [5.41, 5.74) is 0.904. The lowest BCUT2D eigenvalue weighted by atomic mass is 9.97. The van der Waals surface area contributed by atoms with E-state index in [-0.39, 0.29) is 10.9 Å². The Labute approximate surface area is 156 Å². The minimum atomic E-state index is -1.17. The van der Waals surface area contributed by atoms with Gasteiger partial charge in [-0.15, -0.1) is 6.58 Å². The first-order chi connectivity index (χ1) is 13.1. The number of rotatable bonds is 7. The Morgan fingerprint density at radius 2 is 1.59 bits per heavy atom. The minimum Gasteiger partial charge on any atom is -0.490 e. The second-order valence-electron chi connectivity index (χ2n) is 6.14. The molecular formula is C23H19F3O. The Morgan fingerprint density at radius 1 is 0.852 bits per heavy atom. The van der Waals surface area contributed by atoms with Crippen molar-refractivity contribution in [3.63, 3.8) is 0 Å². The van der Waals surface area contributed by atoms with Gasteiger partial charge in [-0.05, 0) is 47.6 Å². The lowest BCUT2D eigenvalue weighted by Crippen LogP contribution is -1.98. The van der Waals surface area contributed by atoms with Crippen LogP contribution in [0.2, 0.25) is 0 Å². The molecule has 1 nitrogen and oxygen atoms in total. The van der Waals surface area contributed by atoms with Crippen LogP contribution >= 0.6 is 0 Å². The van der Waals surface area contributed by atoms with Crippen molar-refractivity contribution in [1.82, 2.24) is 0 Å². The number of fused-ring (bicyclic) bond motifs is 1. The molecule has 4 heteroatoms. The third-order valence-electron chi connectivity index (χ3n) is 4.35. The standard InChI is InChI=1S/C23H19F3O/c1-3-5-6-16-7-8-17-14-19(22(25)23(26)20(17)21(16)24)15-9-11-18(12-10-15)27-13-4-2/h3-4,7-12,14H,1-2,5-6,13H2. The predicted molar refractivity (Wildman–Crippen MR) is 103 cm³/mol. The Morgan fingerprint density at radius 3 is 2.26 bits per heavy atom. The highest BCUT2D eigenvalue weighted by atomic mass is 19.2. The fraction of sp³-hybridized carbons (Fsp3) is 0.130. The van der Waals surface area contributed by atoms with E-state index < -0.39 is 17.5 Å². The molecular weight excluding hydrogens is 349 g/mol. The fourth-order valence-electron chi connectivity index (χ4n) is 2.97. The number of hydrogen-bond acceptors (Lipinski definition) is 1. The average Bonchev–Trinajstić information content (AvgIpc) is 2.69. The summed E-state index contributed by atoms with van der Waals surface area (Å²) in [6, 6.07) is 11.3. The van der Waals surface area contributed by atoms with E-state index in [1.165, 1.54) is 6.07 Å². The molecule has 3 rings (SSSR count). The first kappa shape index (κ1) is 18.8. The normalized spacial score (nSPS) is 10.8. The molecule has 0 atom stereocenters. The average molecular weight is 368 g/mol. The van der Waals surface area contributed by atoms with Gasteiger partial charge in [0, 0.05) is 5.56 Å². The summed E-state index contributed by atoms with van der Waals surface area (Å²) < 4.78 is 49.4. The van der Waals surface area contributed by atoms with Crippen LogP contribution in [0.5, 0.6) is 5.75 Å². The highest BCUT2D eigenvalue weighted by molar-refractivity contribution is 5.89. The summed E-state index contributed by atoms with van der Waals surface area (Å²) in [6.07, 6.45) is 4.22. The second-order valence-corrected chi connectivity index (χ2v) is 6.14. The van der Waals surface area contributed by atoms with Crippen LogP contribution in [0.3, 0.4) is 0 Å². The van der Waals surface area contributed by atoms with Crippen LogP contribution in [0, 0.1) is 17.5 Å². The maximum Gasteiger partial charge on any atom is 0.170 e. The zero-order valence-electron chi connectivity index (χ0n) is 14.8. The van der Waals surface area contributed by atoms with Gasteiger partial charge in [-0.2, -0.15) is 0 Å². The zero-order chi connectivity index (χ0) is 19.4. The first-order valence-electron chi connectivity index (χ1n) is 8.61. The second kappa shape index (κ2) is 8.12. The molecule has 138 valence electrons. The topological polar surface area (TPSA) is 9.23 Å². The smallest absolute Gasteiger partial charge is 0.170 e. The molecule has 3 aromatic carbocycles. The summed E-state index contributed by atoms with van der Waals surface area (Å²) in [6.45, 7) is 7.52. The zero-order valence-corrected chi connectivity index (χ0v) is 14.8. The van der Waals surface area contributed by atoms with Crippen LogP contribution < -0.4 is 4.74 Å². The van der Waals surface area contributed by atoms with E-state index in [2.05, 4.69) is 13.2 Å². The van der Waals surface area contributed by atoms with Crippen molar-refractivity contribution < 1.29 is 17.9 Å². The van der Waals surface area contributed by atoms with Crippen LogP contribution in [-0.4, -0.2) is 6.61 Å². The molecule has 0 saturated carbocycles. The number of benzene rings is 3. The van der Waals surface area contributed by atoms with Crippen molar-refractivity contribution in [2.24, 2.45) is 0 Å². The maximum atomic E-state index is 14.7. The molecule has 0 aromatic heterocycles. The molecule has 0 saturated heterocycles. The molecule has 0 aliphatic heterocycles. The molecule has 0 bridgehead atoms. The van der Waals surface area contributed by atoms with Crippen LogP contribution in [-0.2, 0) is 6.42 Å². The van der Waals surface area contributed by atoms with Crippen molar-refractivity contribution in [3.8, 4) is 16.9 Å². The SMILES string of the molecule is C=CCCc1ccc2cc(-c3ccc(OCC=C)cc3)c(F)c(F)c2c1F.